The van der Waals surface area contributed by atoms with Gasteiger partial charge in [0.05, 0.1) is 0 Å². The van der Waals surface area contributed by atoms with Crippen LogP contribution >= 0.6 is 0 Å². The molecule has 0 amide bonds. The largest absolute Gasteiger partial charge is 0.0654 e. The fourth-order valence-electron chi connectivity index (χ4n) is 4.99. The molecule has 0 aromatic rings. The summed E-state index contributed by atoms with van der Waals surface area (Å²) in [5.74, 6) is 0.969. The molecular formula is C31H64. The first-order chi connectivity index (χ1) is 15.3. The Morgan fingerprint density at radius 1 is 0.290 bits per heavy atom. The van der Waals surface area contributed by atoms with Gasteiger partial charge in [0.2, 0.25) is 0 Å². The molecule has 0 nitrogen and oxygen atoms in total. The zero-order valence-electron chi connectivity index (χ0n) is 22.7. The Hall–Kier alpha value is 0. The molecule has 0 aromatic carbocycles. The summed E-state index contributed by atoms with van der Waals surface area (Å²) in [6.45, 7) is 7.10. The lowest BCUT2D eigenvalue weighted by atomic mass is 9.95. The van der Waals surface area contributed by atoms with Gasteiger partial charge in [0.25, 0.3) is 0 Å². The molecule has 0 heteroatoms. The monoisotopic (exact) mass is 437 g/mol. The lowest BCUT2D eigenvalue weighted by Gasteiger charge is -2.11. The van der Waals surface area contributed by atoms with Gasteiger partial charge >= 0.3 is 0 Å². The molecule has 0 radical (unpaired) electrons. The van der Waals surface area contributed by atoms with E-state index in [0.29, 0.717) is 0 Å². The number of hydrogen-bond acceptors (Lipinski definition) is 0. The zero-order chi connectivity index (χ0) is 22.7. The van der Waals surface area contributed by atoms with Crippen LogP contribution in [0, 0.1) is 5.92 Å². The summed E-state index contributed by atoms with van der Waals surface area (Å²) in [6.07, 6.45) is 39.8. The van der Waals surface area contributed by atoms with Crippen molar-refractivity contribution in [2.24, 2.45) is 5.92 Å². The van der Waals surface area contributed by atoms with Crippen molar-refractivity contribution in [2.45, 2.75) is 194 Å². The zero-order valence-corrected chi connectivity index (χ0v) is 22.7. The molecule has 0 saturated carbocycles. The van der Waals surface area contributed by atoms with Crippen molar-refractivity contribution in [3.05, 3.63) is 0 Å². The minimum absolute atomic E-state index is 0.969. The maximum Gasteiger partial charge on any atom is -0.0443 e. The smallest absolute Gasteiger partial charge is 0.0443 e. The van der Waals surface area contributed by atoms with E-state index in [1.54, 1.807) is 0 Å². The van der Waals surface area contributed by atoms with Crippen LogP contribution in [0.5, 0.6) is 0 Å². The SMILES string of the molecule is CCCCCCCCCCCCCCCCCCCCC(C)CCCCCCCCC. The second-order valence-corrected chi connectivity index (χ2v) is 10.8. The van der Waals surface area contributed by atoms with Gasteiger partial charge in [0, 0.05) is 0 Å². The van der Waals surface area contributed by atoms with Crippen molar-refractivity contribution >= 4 is 0 Å². The van der Waals surface area contributed by atoms with E-state index in [2.05, 4.69) is 20.8 Å². The summed E-state index contributed by atoms with van der Waals surface area (Å²) < 4.78 is 0. The fraction of sp³-hybridized carbons (Fsp3) is 1.00. The Morgan fingerprint density at radius 2 is 0.484 bits per heavy atom. The average molecular weight is 437 g/mol. The van der Waals surface area contributed by atoms with Crippen LogP contribution in [0.4, 0.5) is 0 Å². The molecule has 1 atom stereocenters. The van der Waals surface area contributed by atoms with Crippen molar-refractivity contribution in [2.75, 3.05) is 0 Å². The maximum atomic E-state index is 2.49. The molecule has 188 valence electrons. The maximum absolute atomic E-state index is 2.49. The van der Waals surface area contributed by atoms with Gasteiger partial charge in [-0.15, -0.1) is 0 Å². The second-order valence-electron chi connectivity index (χ2n) is 10.8. The summed E-state index contributed by atoms with van der Waals surface area (Å²) in [7, 11) is 0. The van der Waals surface area contributed by atoms with Gasteiger partial charge < -0.3 is 0 Å². The first-order valence-electron chi connectivity index (χ1n) is 15.3. The van der Waals surface area contributed by atoms with Crippen LogP contribution in [-0.2, 0) is 0 Å². The van der Waals surface area contributed by atoms with Crippen LogP contribution < -0.4 is 0 Å². The number of hydrogen-bond donors (Lipinski definition) is 0. The lowest BCUT2D eigenvalue weighted by molar-refractivity contribution is 0.430. The van der Waals surface area contributed by atoms with E-state index in [1.165, 1.54) is 173 Å². The highest BCUT2D eigenvalue weighted by Gasteiger charge is 2.02. The van der Waals surface area contributed by atoms with Gasteiger partial charge in [-0.2, -0.15) is 0 Å². The van der Waals surface area contributed by atoms with Crippen LogP contribution in [0.1, 0.15) is 194 Å². The average Bonchev–Trinajstić information content (AvgIpc) is 2.77. The van der Waals surface area contributed by atoms with Crippen molar-refractivity contribution in [1.29, 1.82) is 0 Å². The Kier molecular flexibility index (Phi) is 28.0. The summed E-state index contributed by atoms with van der Waals surface area (Å²) in [5.41, 5.74) is 0. The van der Waals surface area contributed by atoms with Gasteiger partial charge in [0.1, 0.15) is 0 Å². The van der Waals surface area contributed by atoms with Crippen LogP contribution in [-0.4, -0.2) is 0 Å². The molecule has 0 rings (SSSR count). The van der Waals surface area contributed by atoms with Crippen molar-refractivity contribution < 1.29 is 0 Å². The summed E-state index contributed by atoms with van der Waals surface area (Å²) in [6, 6.07) is 0. The van der Waals surface area contributed by atoms with Crippen LogP contribution in [0.15, 0.2) is 0 Å². The molecule has 0 N–H and O–H groups in total. The Balaban J connectivity index is 3.10. The van der Waals surface area contributed by atoms with Gasteiger partial charge in [-0.3, -0.25) is 0 Å². The standard InChI is InChI=1S/C31H64/c1-4-6-8-10-12-13-14-15-16-17-18-19-20-21-22-24-26-28-30-31(3)29-27-25-23-11-9-7-5-2/h31H,4-30H2,1-3H3. The quantitative estimate of drug-likeness (QED) is 0.112. The van der Waals surface area contributed by atoms with Crippen molar-refractivity contribution in [3.63, 3.8) is 0 Å². The molecule has 0 aliphatic heterocycles. The first-order valence-corrected chi connectivity index (χ1v) is 15.3. The third kappa shape index (κ3) is 28.0. The Labute approximate surface area is 200 Å². The minimum Gasteiger partial charge on any atom is -0.0654 e. The molecule has 31 heavy (non-hydrogen) atoms. The Bertz CT molecular complexity index is 294. The summed E-state index contributed by atoms with van der Waals surface area (Å²) in [5, 5.41) is 0. The van der Waals surface area contributed by atoms with E-state index in [4.69, 9.17) is 0 Å². The molecule has 0 bridgehead atoms. The van der Waals surface area contributed by atoms with Gasteiger partial charge in [0.15, 0.2) is 0 Å². The van der Waals surface area contributed by atoms with E-state index >= 15 is 0 Å². The number of unbranched alkanes of at least 4 members (excludes halogenated alkanes) is 23. The van der Waals surface area contributed by atoms with Crippen molar-refractivity contribution in [1.82, 2.24) is 0 Å². The van der Waals surface area contributed by atoms with Crippen molar-refractivity contribution in [3.8, 4) is 0 Å². The highest BCUT2D eigenvalue weighted by Crippen LogP contribution is 2.19. The molecule has 0 fully saturated rings. The lowest BCUT2D eigenvalue weighted by Crippen LogP contribution is -1.95. The highest BCUT2D eigenvalue weighted by atomic mass is 14.1. The molecule has 0 spiro atoms. The van der Waals surface area contributed by atoms with E-state index in [0.717, 1.165) is 5.92 Å². The Morgan fingerprint density at radius 3 is 0.710 bits per heavy atom. The van der Waals surface area contributed by atoms with Crippen LogP contribution in [0.3, 0.4) is 0 Å². The van der Waals surface area contributed by atoms with Crippen LogP contribution in [0.25, 0.3) is 0 Å². The predicted molar refractivity (Wildman–Crippen MR) is 145 cm³/mol. The molecule has 0 aromatic heterocycles. The molecule has 0 saturated heterocycles. The van der Waals surface area contributed by atoms with E-state index in [1.807, 2.05) is 0 Å². The third-order valence-electron chi connectivity index (χ3n) is 7.35. The molecular weight excluding hydrogens is 372 g/mol. The number of rotatable bonds is 27. The van der Waals surface area contributed by atoms with Gasteiger partial charge in [-0.05, 0) is 5.92 Å². The van der Waals surface area contributed by atoms with Crippen LogP contribution in [0.2, 0.25) is 0 Å². The van der Waals surface area contributed by atoms with Gasteiger partial charge in [-0.25, -0.2) is 0 Å². The second kappa shape index (κ2) is 28.0. The summed E-state index contributed by atoms with van der Waals surface area (Å²) in [4.78, 5) is 0. The van der Waals surface area contributed by atoms with Gasteiger partial charge in [-0.1, -0.05) is 194 Å². The van der Waals surface area contributed by atoms with E-state index in [-0.39, 0.29) is 0 Å². The normalized spacial score (nSPS) is 12.5. The first kappa shape index (κ1) is 31.0. The molecule has 1 unspecified atom stereocenters. The topological polar surface area (TPSA) is 0 Å². The van der Waals surface area contributed by atoms with E-state index < -0.39 is 0 Å². The highest BCUT2D eigenvalue weighted by molar-refractivity contribution is 4.56. The molecule has 0 aliphatic carbocycles. The fourth-order valence-corrected chi connectivity index (χ4v) is 4.99. The summed E-state index contributed by atoms with van der Waals surface area (Å²) >= 11 is 0. The molecule has 0 aliphatic rings. The third-order valence-corrected chi connectivity index (χ3v) is 7.35. The van der Waals surface area contributed by atoms with E-state index in [9.17, 15) is 0 Å². The minimum atomic E-state index is 0.969. The predicted octanol–water partition coefficient (Wildman–Crippen LogP) is 12.2. The molecule has 0 heterocycles.